The molecule has 1 amide bonds. The van der Waals surface area contributed by atoms with Crippen molar-refractivity contribution in [3.63, 3.8) is 0 Å². The lowest BCUT2D eigenvalue weighted by Crippen LogP contribution is -2.40. The van der Waals surface area contributed by atoms with Crippen LogP contribution in [-0.2, 0) is 4.79 Å². The maximum atomic E-state index is 12.1. The quantitative estimate of drug-likeness (QED) is 0.879. The molecule has 1 heterocycles. The van der Waals surface area contributed by atoms with Crippen LogP contribution in [0.3, 0.4) is 0 Å². The number of hydrogen-bond donors (Lipinski definition) is 1. The van der Waals surface area contributed by atoms with Gasteiger partial charge in [-0.3, -0.25) is 4.79 Å². The molecule has 1 aromatic rings. The molecule has 4 nitrogen and oxygen atoms in total. The molecule has 4 heteroatoms. The van der Waals surface area contributed by atoms with E-state index < -0.39 is 0 Å². The second-order valence-electron chi connectivity index (χ2n) is 6.38. The van der Waals surface area contributed by atoms with Gasteiger partial charge in [-0.05, 0) is 48.9 Å². The molecule has 2 N–H and O–H groups in total. The highest BCUT2D eigenvalue weighted by atomic mass is 16.5. The lowest BCUT2D eigenvalue weighted by atomic mass is 9.97. The number of likely N-dealkylation sites (tertiary alicyclic amines) is 1. The van der Waals surface area contributed by atoms with Crippen LogP contribution < -0.4 is 10.5 Å². The zero-order valence-corrected chi connectivity index (χ0v) is 13.8. The predicted molar refractivity (Wildman–Crippen MR) is 89.0 cm³/mol. The molecule has 1 fully saturated rings. The van der Waals surface area contributed by atoms with Crippen LogP contribution in [0.1, 0.15) is 44.6 Å². The third-order valence-electron chi connectivity index (χ3n) is 4.43. The second-order valence-corrected chi connectivity index (χ2v) is 6.38. The molecule has 122 valence electrons. The van der Waals surface area contributed by atoms with Gasteiger partial charge in [-0.25, -0.2) is 0 Å². The van der Waals surface area contributed by atoms with E-state index in [0.717, 1.165) is 38.2 Å². The molecule has 22 heavy (non-hydrogen) atoms. The van der Waals surface area contributed by atoms with Crippen molar-refractivity contribution in [1.29, 1.82) is 0 Å². The third-order valence-corrected chi connectivity index (χ3v) is 4.43. The Morgan fingerprint density at radius 3 is 2.45 bits per heavy atom. The summed E-state index contributed by atoms with van der Waals surface area (Å²) in [4.78, 5) is 14.1. The number of piperidine rings is 1. The molecule has 0 atom stereocenters. The highest BCUT2D eigenvalue weighted by Crippen LogP contribution is 2.19. The van der Waals surface area contributed by atoms with Crippen LogP contribution >= 0.6 is 0 Å². The molecule has 1 aliphatic heterocycles. The summed E-state index contributed by atoms with van der Waals surface area (Å²) in [6.45, 7) is 7.19. The molecular weight excluding hydrogens is 276 g/mol. The summed E-state index contributed by atoms with van der Waals surface area (Å²) >= 11 is 0. The van der Waals surface area contributed by atoms with Gasteiger partial charge in [0.25, 0.3) is 0 Å². The molecule has 0 spiro atoms. The summed E-state index contributed by atoms with van der Waals surface area (Å²) in [6, 6.07) is 8.12. The van der Waals surface area contributed by atoms with Crippen LogP contribution in [0, 0.1) is 5.92 Å². The van der Waals surface area contributed by atoms with Crippen LogP contribution in [0.25, 0.3) is 0 Å². The fraction of sp³-hybridized carbons (Fsp3) is 0.611. The number of hydrogen-bond acceptors (Lipinski definition) is 3. The van der Waals surface area contributed by atoms with Gasteiger partial charge in [0.15, 0.2) is 0 Å². The van der Waals surface area contributed by atoms with Gasteiger partial charge in [0.05, 0.1) is 13.0 Å². The van der Waals surface area contributed by atoms with E-state index >= 15 is 0 Å². The molecule has 2 rings (SSSR count). The summed E-state index contributed by atoms with van der Waals surface area (Å²) < 4.78 is 5.68. The standard InChI is InChI=1S/C18H28N2O2/c1-14(2)16-3-5-17(6-4-16)22-12-9-18(21)20-10-7-15(13-19)8-11-20/h3-6,14-15H,7-13,19H2,1-2H3. The Hall–Kier alpha value is -1.55. The van der Waals surface area contributed by atoms with Crippen molar-refractivity contribution in [1.82, 2.24) is 4.90 Å². The number of ether oxygens (including phenoxy) is 1. The van der Waals surface area contributed by atoms with Crippen LogP contribution in [0.5, 0.6) is 5.75 Å². The average molecular weight is 304 g/mol. The van der Waals surface area contributed by atoms with Crippen molar-refractivity contribution >= 4 is 5.91 Å². The first-order valence-corrected chi connectivity index (χ1v) is 8.30. The van der Waals surface area contributed by atoms with Gasteiger partial charge in [-0.1, -0.05) is 26.0 Å². The van der Waals surface area contributed by atoms with Gasteiger partial charge in [-0.15, -0.1) is 0 Å². The molecule has 0 saturated carbocycles. The zero-order valence-electron chi connectivity index (χ0n) is 13.8. The first kappa shape index (κ1) is 16.8. The van der Waals surface area contributed by atoms with Crippen LogP contribution in [0.15, 0.2) is 24.3 Å². The minimum absolute atomic E-state index is 0.189. The molecule has 0 aliphatic carbocycles. The van der Waals surface area contributed by atoms with Gasteiger partial charge in [-0.2, -0.15) is 0 Å². The van der Waals surface area contributed by atoms with E-state index in [0.29, 0.717) is 24.9 Å². The topological polar surface area (TPSA) is 55.6 Å². The minimum atomic E-state index is 0.189. The van der Waals surface area contributed by atoms with Gasteiger partial charge >= 0.3 is 0 Å². The molecular formula is C18H28N2O2. The van der Waals surface area contributed by atoms with Crippen molar-refractivity contribution in [2.75, 3.05) is 26.2 Å². The smallest absolute Gasteiger partial charge is 0.225 e. The predicted octanol–water partition coefficient (Wildman–Crippen LogP) is 2.78. The monoisotopic (exact) mass is 304 g/mol. The van der Waals surface area contributed by atoms with Gasteiger partial charge in [0.1, 0.15) is 5.75 Å². The number of benzene rings is 1. The largest absolute Gasteiger partial charge is 0.493 e. The number of amides is 1. The summed E-state index contributed by atoms with van der Waals surface area (Å²) in [5.74, 6) is 2.13. The Morgan fingerprint density at radius 2 is 1.91 bits per heavy atom. The lowest BCUT2D eigenvalue weighted by molar-refractivity contribution is -0.133. The molecule has 1 aliphatic rings. The van der Waals surface area contributed by atoms with E-state index in [1.807, 2.05) is 17.0 Å². The third kappa shape index (κ3) is 4.73. The van der Waals surface area contributed by atoms with E-state index in [-0.39, 0.29) is 5.91 Å². The Balaban J connectivity index is 1.71. The molecule has 1 aromatic carbocycles. The van der Waals surface area contributed by atoms with Crippen molar-refractivity contribution < 1.29 is 9.53 Å². The number of rotatable bonds is 6. The second kappa shape index (κ2) is 8.18. The molecule has 0 bridgehead atoms. The Morgan fingerprint density at radius 1 is 1.27 bits per heavy atom. The van der Waals surface area contributed by atoms with Crippen molar-refractivity contribution in [2.45, 2.75) is 39.0 Å². The highest BCUT2D eigenvalue weighted by Gasteiger charge is 2.21. The van der Waals surface area contributed by atoms with Crippen molar-refractivity contribution in [3.8, 4) is 5.75 Å². The van der Waals surface area contributed by atoms with E-state index in [1.165, 1.54) is 5.56 Å². The van der Waals surface area contributed by atoms with Crippen molar-refractivity contribution in [2.24, 2.45) is 11.7 Å². The number of carbonyl (C=O) groups excluding carboxylic acids is 1. The number of nitrogens with two attached hydrogens (primary N) is 1. The minimum Gasteiger partial charge on any atom is -0.493 e. The lowest BCUT2D eigenvalue weighted by Gasteiger charge is -2.31. The Kier molecular flexibility index (Phi) is 6.25. The highest BCUT2D eigenvalue weighted by molar-refractivity contribution is 5.76. The number of nitrogens with zero attached hydrogens (tertiary/aromatic N) is 1. The zero-order chi connectivity index (χ0) is 15.9. The Labute approximate surface area is 133 Å². The first-order chi connectivity index (χ1) is 10.6. The van der Waals surface area contributed by atoms with Crippen molar-refractivity contribution in [3.05, 3.63) is 29.8 Å². The van der Waals surface area contributed by atoms with E-state index in [9.17, 15) is 4.79 Å². The average Bonchev–Trinajstić information content (AvgIpc) is 2.55. The molecule has 1 saturated heterocycles. The fourth-order valence-corrected chi connectivity index (χ4v) is 2.78. The van der Waals surface area contributed by atoms with Gasteiger partial charge in [0, 0.05) is 13.1 Å². The summed E-state index contributed by atoms with van der Waals surface area (Å²) in [5.41, 5.74) is 6.97. The SMILES string of the molecule is CC(C)c1ccc(OCCC(=O)N2CCC(CN)CC2)cc1. The maximum absolute atomic E-state index is 12.1. The molecule has 0 radical (unpaired) electrons. The fourth-order valence-electron chi connectivity index (χ4n) is 2.78. The number of carbonyl (C=O) groups is 1. The molecule has 0 unspecified atom stereocenters. The summed E-state index contributed by atoms with van der Waals surface area (Å²) in [7, 11) is 0. The van der Waals surface area contributed by atoms with Gasteiger partial charge in [0.2, 0.25) is 5.91 Å². The summed E-state index contributed by atoms with van der Waals surface area (Å²) in [6.07, 6.45) is 2.50. The van der Waals surface area contributed by atoms with Crippen LogP contribution in [0.4, 0.5) is 0 Å². The van der Waals surface area contributed by atoms with Crippen LogP contribution in [0.2, 0.25) is 0 Å². The van der Waals surface area contributed by atoms with Gasteiger partial charge < -0.3 is 15.4 Å². The maximum Gasteiger partial charge on any atom is 0.225 e. The molecule has 0 aromatic heterocycles. The van der Waals surface area contributed by atoms with E-state index in [4.69, 9.17) is 10.5 Å². The normalized spacial score (nSPS) is 16.1. The summed E-state index contributed by atoms with van der Waals surface area (Å²) in [5, 5.41) is 0. The first-order valence-electron chi connectivity index (χ1n) is 8.30. The van der Waals surface area contributed by atoms with E-state index in [1.54, 1.807) is 0 Å². The Bertz CT molecular complexity index is 462. The van der Waals surface area contributed by atoms with E-state index in [2.05, 4.69) is 26.0 Å². The van der Waals surface area contributed by atoms with Crippen LogP contribution in [-0.4, -0.2) is 37.0 Å².